The third-order valence-corrected chi connectivity index (χ3v) is 3.56. The Bertz CT molecular complexity index is 586. The molecule has 0 amide bonds. The maximum atomic E-state index is 11.7. The molecule has 0 aliphatic heterocycles. The van der Waals surface area contributed by atoms with Crippen LogP contribution in [0.25, 0.3) is 0 Å². The van der Waals surface area contributed by atoms with Crippen LogP contribution in [0.5, 0.6) is 0 Å². The molecule has 6 heteroatoms. The van der Waals surface area contributed by atoms with Gasteiger partial charge in [-0.1, -0.05) is 25.7 Å². The molecule has 0 saturated carbocycles. The Morgan fingerprint density at radius 1 is 1.32 bits per heavy atom. The van der Waals surface area contributed by atoms with Gasteiger partial charge in [-0.2, -0.15) is 13.1 Å². The van der Waals surface area contributed by atoms with Gasteiger partial charge in [-0.3, -0.25) is 4.72 Å². The first-order valence-electron chi connectivity index (χ1n) is 6.11. The fourth-order valence-electron chi connectivity index (χ4n) is 1.59. The van der Waals surface area contributed by atoms with E-state index in [1.165, 1.54) is 0 Å². The molecule has 1 rings (SSSR count). The van der Waals surface area contributed by atoms with Gasteiger partial charge in [-0.15, -0.1) is 0 Å². The summed E-state index contributed by atoms with van der Waals surface area (Å²) in [6.45, 7) is 4.33. The van der Waals surface area contributed by atoms with Gasteiger partial charge in [0.25, 0.3) is 10.2 Å². The number of rotatable bonds is 5. The van der Waals surface area contributed by atoms with Gasteiger partial charge in [-0.05, 0) is 30.2 Å². The van der Waals surface area contributed by atoms with Gasteiger partial charge in [0.2, 0.25) is 0 Å². The SMILES string of the molecule is CCNS(=O)(=O)Nc1ccc(C#CCN)cc1CC. The second kappa shape index (κ2) is 7.14. The molecule has 0 aromatic heterocycles. The van der Waals surface area contributed by atoms with Crippen LogP contribution in [0.4, 0.5) is 5.69 Å². The summed E-state index contributed by atoms with van der Waals surface area (Å²) >= 11 is 0. The van der Waals surface area contributed by atoms with Crippen molar-refractivity contribution in [2.45, 2.75) is 20.3 Å². The highest BCUT2D eigenvalue weighted by Gasteiger charge is 2.10. The first kappa shape index (κ1) is 15.5. The Hall–Kier alpha value is -1.55. The van der Waals surface area contributed by atoms with E-state index in [9.17, 15) is 8.42 Å². The van der Waals surface area contributed by atoms with Crippen molar-refractivity contribution in [3.8, 4) is 11.8 Å². The first-order valence-corrected chi connectivity index (χ1v) is 7.60. The second-order valence-corrected chi connectivity index (χ2v) is 5.33. The molecule has 19 heavy (non-hydrogen) atoms. The summed E-state index contributed by atoms with van der Waals surface area (Å²) in [6.07, 6.45) is 0.710. The van der Waals surface area contributed by atoms with E-state index in [0.717, 1.165) is 11.1 Å². The second-order valence-electron chi connectivity index (χ2n) is 3.83. The van der Waals surface area contributed by atoms with E-state index in [4.69, 9.17) is 5.73 Å². The van der Waals surface area contributed by atoms with Gasteiger partial charge >= 0.3 is 0 Å². The minimum absolute atomic E-state index is 0.302. The summed E-state index contributed by atoms with van der Waals surface area (Å²) in [5.41, 5.74) is 7.61. The van der Waals surface area contributed by atoms with E-state index in [0.29, 0.717) is 25.2 Å². The predicted molar refractivity (Wildman–Crippen MR) is 78.0 cm³/mol. The molecule has 0 bridgehead atoms. The lowest BCUT2D eigenvalue weighted by Crippen LogP contribution is -2.30. The molecule has 0 atom stereocenters. The highest BCUT2D eigenvalue weighted by Crippen LogP contribution is 2.18. The van der Waals surface area contributed by atoms with E-state index >= 15 is 0 Å². The number of nitrogens with one attached hydrogen (secondary N) is 2. The largest absolute Gasteiger partial charge is 0.320 e. The van der Waals surface area contributed by atoms with Gasteiger partial charge in [0.1, 0.15) is 0 Å². The van der Waals surface area contributed by atoms with Gasteiger partial charge in [0.15, 0.2) is 0 Å². The molecule has 0 unspecified atom stereocenters. The number of benzene rings is 1. The van der Waals surface area contributed by atoms with Crippen LogP contribution < -0.4 is 15.2 Å². The molecule has 5 nitrogen and oxygen atoms in total. The normalized spacial score (nSPS) is 10.7. The first-order chi connectivity index (χ1) is 9.02. The van der Waals surface area contributed by atoms with Crippen LogP contribution in [0.2, 0.25) is 0 Å². The molecular weight excluding hydrogens is 262 g/mol. The summed E-state index contributed by atoms with van der Waals surface area (Å²) < 4.78 is 28.2. The molecule has 0 saturated heterocycles. The van der Waals surface area contributed by atoms with Gasteiger partial charge in [0, 0.05) is 12.1 Å². The smallest absolute Gasteiger partial charge is 0.299 e. The molecule has 0 radical (unpaired) electrons. The lowest BCUT2D eigenvalue weighted by atomic mass is 10.1. The van der Waals surface area contributed by atoms with Crippen LogP contribution in [0.15, 0.2) is 18.2 Å². The van der Waals surface area contributed by atoms with Crippen molar-refractivity contribution >= 4 is 15.9 Å². The van der Waals surface area contributed by atoms with Crippen LogP contribution in [-0.2, 0) is 16.6 Å². The predicted octanol–water partition coefficient (Wildman–Crippen LogP) is 0.825. The minimum atomic E-state index is -3.50. The fraction of sp³-hybridized carbons (Fsp3) is 0.385. The van der Waals surface area contributed by atoms with Crippen molar-refractivity contribution in [1.29, 1.82) is 0 Å². The minimum Gasteiger partial charge on any atom is -0.320 e. The Morgan fingerprint density at radius 2 is 2.05 bits per heavy atom. The van der Waals surface area contributed by atoms with Crippen LogP contribution in [0.3, 0.4) is 0 Å². The summed E-state index contributed by atoms with van der Waals surface area (Å²) in [7, 11) is -3.50. The van der Waals surface area contributed by atoms with Crippen molar-refractivity contribution in [2.24, 2.45) is 5.73 Å². The highest BCUT2D eigenvalue weighted by molar-refractivity contribution is 7.90. The molecule has 0 heterocycles. The molecule has 0 spiro atoms. The third kappa shape index (κ3) is 4.91. The summed E-state index contributed by atoms with van der Waals surface area (Å²) in [4.78, 5) is 0. The Kier molecular flexibility index (Phi) is 5.83. The number of nitrogens with two attached hydrogens (primary N) is 1. The molecule has 1 aromatic carbocycles. The lowest BCUT2D eigenvalue weighted by molar-refractivity contribution is 0.589. The number of aryl methyl sites for hydroxylation is 1. The quantitative estimate of drug-likeness (QED) is 0.699. The van der Waals surface area contributed by atoms with Crippen LogP contribution in [0, 0.1) is 11.8 Å². The van der Waals surface area contributed by atoms with E-state index in [1.54, 1.807) is 19.1 Å². The fourth-order valence-corrected chi connectivity index (χ4v) is 2.53. The third-order valence-electron chi connectivity index (χ3n) is 2.40. The zero-order valence-electron chi connectivity index (χ0n) is 11.2. The maximum Gasteiger partial charge on any atom is 0.299 e. The Balaban J connectivity index is 3.03. The van der Waals surface area contributed by atoms with E-state index in [2.05, 4.69) is 21.3 Å². The van der Waals surface area contributed by atoms with Crippen molar-refractivity contribution in [3.05, 3.63) is 29.3 Å². The van der Waals surface area contributed by atoms with Crippen LogP contribution in [-0.4, -0.2) is 21.5 Å². The zero-order valence-corrected chi connectivity index (χ0v) is 12.0. The zero-order chi connectivity index (χ0) is 14.3. The topological polar surface area (TPSA) is 84.2 Å². The van der Waals surface area contributed by atoms with Crippen molar-refractivity contribution in [2.75, 3.05) is 17.8 Å². The number of anilines is 1. The Labute approximate surface area is 114 Å². The van der Waals surface area contributed by atoms with E-state index < -0.39 is 10.2 Å². The standard InChI is InChI=1S/C13H19N3O2S/c1-3-12-10-11(6-5-9-14)7-8-13(12)16-19(17,18)15-4-2/h7-8,10,15-16H,3-4,9,14H2,1-2H3. The maximum absolute atomic E-state index is 11.7. The summed E-state index contributed by atoms with van der Waals surface area (Å²) in [6, 6.07) is 5.35. The molecular formula is C13H19N3O2S. The molecule has 4 N–H and O–H groups in total. The lowest BCUT2D eigenvalue weighted by Gasteiger charge is -2.12. The van der Waals surface area contributed by atoms with Gasteiger partial charge in [-0.25, -0.2) is 0 Å². The molecule has 0 aliphatic rings. The van der Waals surface area contributed by atoms with E-state index in [-0.39, 0.29) is 0 Å². The van der Waals surface area contributed by atoms with Crippen molar-refractivity contribution < 1.29 is 8.42 Å². The average molecular weight is 281 g/mol. The molecule has 0 fully saturated rings. The van der Waals surface area contributed by atoms with Gasteiger partial charge in [0.05, 0.1) is 12.2 Å². The molecule has 104 valence electrons. The van der Waals surface area contributed by atoms with Gasteiger partial charge < -0.3 is 5.73 Å². The van der Waals surface area contributed by atoms with E-state index in [1.807, 2.05) is 13.0 Å². The number of hydrogen-bond acceptors (Lipinski definition) is 3. The highest BCUT2D eigenvalue weighted by atomic mass is 32.2. The molecule has 0 aliphatic carbocycles. The summed E-state index contributed by atoms with van der Waals surface area (Å²) in [5, 5.41) is 0. The van der Waals surface area contributed by atoms with Crippen LogP contribution in [0.1, 0.15) is 25.0 Å². The van der Waals surface area contributed by atoms with Crippen LogP contribution >= 0.6 is 0 Å². The number of hydrogen-bond donors (Lipinski definition) is 3. The monoisotopic (exact) mass is 281 g/mol. The Morgan fingerprint density at radius 3 is 2.63 bits per heavy atom. The molecule has 1 aromatic rings. The van der Waals surface area contributed by atoms with Crippen molar-refractivity contribution in [3.63, 3.8) is 0 Å². The summed E-state index contributed by atoms with van der Waals surface area (Å²) in [5.74, 6) is 5.70. The average Bonchev–Trinajstić information content (AvgIpc) is 2.37. The van der Waals surface area contributed by atoms with Crippen molar-refractivity contribution in [1.82, 2.24) is 4.72 Å².